The first kappa shape index (κ1) is 19.3. The van der Waals surface area contributed by atoms with Gasteiger partial charge in [-0.15, -0.1) is 0 Å². The monoisotopic (exact) mass is 331 g/mol. The quantitative estimate of drug-likeness (QED) is 0.415. The summed E-state index contributed by atoms with van der Waals surface area (Å²) in [4.78, 5) is 3.87. The molecule has 1 aromatic carbocycles. The molecule has 0 atom stereocenters. The minimum Gasteiger partial charge on any atom is -0.381 e. The van der Waals surface area contributed by atoms with Crippen LogP contribution in [-0.4, -0.2) is 45.5 Å². The molecule has 7 heteroatoms. The Morgan fingerprint density at radius 2 is 1.78 bits per heavy atom. The maximum absolute atomic E-state index is 12.0. The number of guanidine groups is 1. The molecule has 1 rings (SSSR count). The molecule has 0 bridgehead atoms. The number of rotatable bonds is 9. The van der Waals surface area contributed by atoms with Crippen molar-refractivity contribution in [3.8, 4) is 0 Å². The molecule has 0 aliphatic rings. The Morgan fingerprint density at radius 1 is 1.09 bits per heavy atom. The summed E-state index contributed by atoms with van der Waals surface area (Å²) < 4.78 is 41.7. The van der Waals surface area contributed by atoms with Gasteiger partial charge >= 0.3 is 6.18 Å². The Kier molecular flexibility index (Phi) is 9.12. The number of hydrogen-bond acceptors (Lipinski definition) is 2. The van der Waals surface area contributed by atoms with Crippen LogP contribution in [0.2, 0.25) is 0 Å². The minimum atomic E-state index is -4.15. The first-order valence-corrected chi connectivity index (χ1v) is 7.64. The molecule has 0 aliphatic carbocycles. The van der Waals surface area contributed by atoms with E-state index in [1.54, 1.807) is 0 Å². The molecule has 0 radical (unpaired) electrons. The van der Waals surface area contributed by atoms with Crippen LogP contribution in [0.4, 0.5) is 13.2 Å². The van der Waals surface area contributed by atoms with Gasteiger partial charge in [0.1, 0.15) is 0 Å². The minimum absolute atomic E-state index is 0.184. The van der Waals surface area contributed by atoms with Crippen molar-refractivity contribution < 1.29 is 17.9 Å². The molecule has 0 aliphatic heterocycles. The molecule has 130 valence electrons. The predicted octanol–water partition coefficient (Wildman–Crippen LogP) is 2.75. The van der Waals surface area contributed by atoms with Gasteiger partial charge in [0, 0.05) is 26.7 Å². The van der Waals surface area contributed by atoms with Crippen molar-refractivity contribution in [2.24, 2.45) is 4.99 Å². The average Bonchev–Trinajstić information content (AvgIpc) is 2.52. The van der Waals surface area contributed by atoms with Crippen LogP contribution in [0.3, 0.4) is 0 Å². The third-order valence-electron chi connectivity index (χ3n) is 3.06. The van der Waals surface area contributed by atoms with Crippen molar-refractivity contribution in [2.45, 2.75) is 25.4 Å². The second-order valence-electron chi connectivity index (χ2n) is 4.99. The molecule has 4 nitrogen and oxygen atoms in total. The first-order valence-electron chi connectivity index (χ1n) is 7.64. The highest BCUT2D eigenvalue weighted by Crippen LogP contribution is 2.17. The summed E-state index contributed by atoms with van der Waals surface area (Å²) in [6.45, 7) is 1.66. The molecule has 0 amide bonds. The summed E-state index contributed by atoms with van der Waals surface area (Å²) in [6.07, 6.45) is -3.40. The lowest BCUT2D eigenvalue weighted by Gasteiger charge is -2.13. The summed E-state index contributed by atoms with van der Waals surface area (Å²) in [6, 6.07) is 10.1. The van der Waals surface area contributed by atoms with Crippen molar-refractivity contribution >= 4 is 5.96 Å². The second-order valence-corrected chi connectivity index (χ2v) is 4.99. The number of ether oxygens (including phenoxy) is 1. The lowest BCUT2D eigenvalue weighted by atomic mass is 10.2. The first-order chi connectivity index (χ1) is 11.0. The highest BCUT2D eigenvalue weighted by molar-refractivity contribution is 5.79. The van der Waals surface area contributed by atoms with Crippen LogP contribution >= 0.6 is 0 Å². The molecule has 0 aromatic heterocycles. The standard InChI is InChI=1S/C16H24F3N3O/c1-20-15(22-11-9-16(17,18)19)21-10-5-12-23-13-8-14-6-3-2-4-7-14/h2-4,6-7H,5,8-13H2,1H3,(H2,20,21,22). The van der Waals surface area contributed by atoms with E-state index >= 15 is 0 Å². The molecule has 0 saturated heterocycles. The molecule has 23 heavy (non-hydrogen) atoms. The van der Waals surface area contributed by atoms with Crippen molar-refractivity contribution in [3.05, 3.63) is 35.9 Å². The van der Waals surface area contributed by atoms with Gasteiger partial charge in [-0.05, 0) is 18.4 Å². The molecule has 0 heterocycles. The molecule has 2 N–H and O–H groups in total. The summed E-state index contributed by atoms with van der Waals surface area (Å²) in [5.41, 5.74) is 1.24. The van der Waals surface area contributed by atoms with E-state index in [2.05, 4.69) is 27.8 Å². The van der Waals surface area contributed by atoms with Crippen molar-refractivity contribution in [1.29, 1.82) is 0 Å². The van der Waals surface area contributed by atoms with Gasteiger partial charge in [-0.25, -0.2) is 0 Å². The number of halogens is 3. The summed E-state index contributed by atoms with van der Waals surface area (Å²) in [5, 5.41) is 5.58. The molecular formula is C16H24F3N3O. The fourth-order valence-corrected chi connectivity index (χ4v) is 1.86. The molecule has 0 spiro atoms. The van der Waals surface area contributed by atoms with Crippen molar-refractivity contribution in [1.82, 2.24) is 10.6 Å². The van der Waals surface area contributed by atoms with E-state index in [9.17, 15) is 13.2 Å². The van der Waals surface area contributed by atoms with Crippen molar-refractivity contribution in [2.75, 3.05) is 33.4 Å². The van der Waals surface area contributed by atoms with Gasteiger partial charge in [-0.1, -0.05) is 30.3 Å². The number of alkyl halides is 3. The topological polar surface area (TPSA) is 45.7 Å². The van der Waals surface area contributed by atoms with E-state index in [0.29, 0.717) is 25.7 Å². The van der Waals surface area contributed by atoms with E-state index in [1.165, 1.54) is 12.6 Å². The molecule has 0 unspecified atom stereocenters. The predicted molar refractivity (Wildman–Crippen MR) is 85.6 cm³/mol. The Bertz CT molecular complexity index is 450. The summed E-state index contributed by atoms with van der Waals surface area (Å²) in [5.74, 6) is 0.374. The SMILES string of the molecule is CN=C(NCCCOCCc1ccccc1)NCCC(F)(F)F. The van der Waals surface area contributed by atoms with Crippen LogP contribution in [0.25, 0.3) is 0 Å². The van der Waals surface area contributed by atoms with Crippen LogP contribution < -0.4 is 10.6 Å². The highest BCUT2D eigenvalue weighted by atomic mass is 19.4. The van der Waals surface area contributed by atoms with Crippen LogP contribution in [0.15, 0.2) is 35.3 Å². The number of aliphatic imine (C=N–C) groups is 1. The lowest BCUT2D eigenvalue weighted by molar-refractivity contribution is -0.132. The number of nitrogens with one attached hydrogen (secondary N) is 2. The van der Waals surface area contributed by atoms with Gasteiger partial charge in [-0.2, -0.15) is 13.2 Å². The Balaban J connectivity index is 2.00. The zero-order valence-electron chi connectivity index (χ0n) is 13.3. The Morgan fingerprint density at radius 3 is 2.43 bits per heavy atom. The Hall–Kier alpha value is -1.76. The zero-order chi connectivity index (χ0) is 17.0. The van der Waals surface area contributed by atoms with E-state index < -0.39 is 12.6 Å². The van der Waals surface area contributed by atoms with Crippen molar-refractivity contribution in [3.63, 3.8) is 0 Å². The van der Waals surface area contributed by atoms with Crippen LogP contribution in [0.1, 0.15) is 18.4 Å². The van der Waals surface area contributed by atoms with Gasteiger partial charge in [0.15, 0.2) is 5.96 Å². The number of nitrogens with zero attached hydrogens (tertiary/aromatic N) is 1. The maximum Gasteiger partial charge on any atom is 0.390 e. The molecule has 0 saturated carbocycles. The normalized spacial score (nSPS) is 12.3. The molecule has 0 fully saturated rings. The van der Waals surface area contributed by atoms with Crippen LogP contribution in [0.5, 0.6) is 0 Å². The zero-order valence-corrected chi connectivity index (χ0v) is 13.3. The second kappa shape index (κ2) is 10.9. The third kappa shape index (κ3) is 10.6. The summed E-state index contributed by atoms with van der Waals surface area (Å²) >= 11 is 0. The van der Waals surface area contributed by atoms with E-state index in [4.69, 9.17) is 4.74 Å². The van der Waals surface area contributed by atoms with Crippen LogP contribution in [0, 0.1) is 0 Å². The number of benzene rings is 1. The van der Waals surface area contributed by atoms with Gasteiger partial charge in [0.2, 0.25) is 0 Å². The summed E-state index contributed by atoms with van der Waals surface area (Å²) in [7, 11) is 1.53. The van der Waals surface area contributed by atoms with Gasteiger partial charge in [-0.3, -0.25) is 4.99 Å². The number of hydrogen-bond donors (Lipinski definition) is 2. The van der Waals surface area contributed by atoms with E-state index in [-0.39, 0.29) is 6.54 Å². The molecular weight excluding hydrogens is 307 g/mol. The van der Waals surface area contributed by atoms with E-state index in [1.807, 2.05) is 18.2 Å². The fourth-order valence-electron chi connectivity index (χ4n) is 1.86. The van der Waals surface area contributed by atoms with Gasteiger partial charge in [0.25, 0.3) is 0 Å². The fraction of sp³-hybridized carbons (Fsp3) is 0.562. The van der Waals surface area contributed by atoms with Crippen LogP contribution in [-0.2, 0) is 11.2 Å². The average molecular weight is 331 g/mol. The van der Waals surface area contributed by atoms with Gasteiger partial charge < -0.3 is 15.4 Å². The third-order valence-corrected chi connectivity index (χ3v) is 3.06. The maximum atomic E-state index is 12.0. The largest absolute Gasteiger partial charge is 0.390 e. The van der Waals surface area contributed by atoms with Gasteiger partial charge in [0.05, 0.1) is 13.0 Å². The lowest BCUT2D eigenvalue weighted by Crippen LogP contribution is -2.39. The molecule has 1 aromatic rings. The smallest absolute Gasteiger partial charge is 0.381 e. The Labute approximate surface area is 135 Å². The highest BCUT2D eigenvalue weighted by Gasteiger charge is 2.26. The van der Waals surface area contributed by atoms with E-state index in [0.717, 1.165) is 12.8 Å².